The van der Waals surface area contributed by atoms with Crippen molar-refractivity contribution in [3.05, 3.63) is 78.9 Å². The van der Waals surface area contributed by atoms with Gasteiger partial charge in [-0.05, 0) is 36.8 Å². The Labute approximate surface area is 191 Å². The first-order valence-corrected chi connectivity index (χ1v) is 10.7. The Morgan fingerprint density at radius 1 is 1.21 bits per heavy atom. The molecule has 0 N–H and O–H groups in total. The molecular weight excluding hydrogens is 448 g/mol. The molecule has 0 bridgehead atoms. The Morgan fingerprint density at radius 3 is 2.64 bits per heavy atom. The molecule has 3 heterocycles. The summed E-state index contributed by atoms with van der Waals surface area (Å²) >= 11 is 1.19. The first-order valence-electron chi connectivity index (χ1n) is 9.84. The van der Waals surface area contributed by atoms with Crippen LogP contribution in [-0.4, -0.2) is 30.7 Å². The molecule has 0 amide bonds. The van der Waals surface area contributed by atoms with Crippen molar-refractivity contribution < 1.29 is 28.2 Å². The molecule has 9 nitrogen and oxygen atoms in total. The highest BCUT2D eigenvalue weighted by atomic mass is 32.1. The number of furan rings is 1. The summed E-state index contributed by atoms with van der Waals surface area (Å²) in [5, 5.41) is 0. The highest BCUT2D eigenvalue weighted by molar-refractivity contribution is 7.07. The summed E-state index contributed by atoms with van der Waals surface area (Å²) in [6.07, 6.45) is 3.14. The molecule has 0 saturated carbocycles. The van der Waals surface area contributed by atoms with Crippen LogP contribution in [0.4, 0.5) is 0 Å². The Bertz CT molecular complexity index is 1440. The minimum Gasteiger partial charge on any atom is -0.493 e. The molecule has 0 unspecified atom stereocenters. The molecular formula is C23H20N2O7S. The van der Waals surface area contributed by atoms with E-state index in [9.17, 15) is 14.4 Å². The van der Waals surface area contributed by atoms with Crippen molar-refractivity contribution in [1.82, 2.24) is 4.57 Å². The second kappa shape index (κ2) is 8.91. The van der Waals surface area contributed by atoms with E-state index in [1.54, 1.807) is 43.3 Å². The predicted octanol–water partition coefficient (Wildman–Crippen LogP) is 1.94. The van der Waals surface area contributed by atoms with Gasteiger partial charge < -0.3 is 18.6 Å². The number of hydrogen-bond acceptors (Lipinski definition) is 9. The molecule has 170 valence electrons. The average Bonchev–Trinajstić information content (AvgIpc) is 3.40. The zero-order chi connectivity index (χ0) is 23.7. The van der Waals surface area contributed by atoms with Gasteiger partial charge in [0.15, 0.2) is 16.3 Å². The average molecular weight is 468 g/mol. The zero-order valence-corrected chi connectivity index (χ0v) is 19.1. The summed E-state index contributed by atoms with van der Waals surface area (Å²) in [6, 6.07) is 7.47. The van der Waals surface area contributed by atoms with Crippen LogP contribution in [0.3, 0.4) is 0 Å². The van der Waals surface area contributed by atoms with Crippen molar-refractivity contribution in [2.45, 2.75) is 19.9 Å². The van der Waals surface area contributed by atoms with E-state index in [1.807, 2.05) is 0 Å². The van der Waals surface area contributed by atoms with E-state index in [0.29, 0.717) is 26.4 Å². The number of hydrogen-bond donors (Lipinski definition) is 0. The number of esters is 2. The van der Waals surface area contributed by atoms with Crippen molar-refractivity contribution >= 4 is 29.4 Å². The third-order valence-electron chi connectivity index (χ3n) is 5.00. The van der Waals surface area contributed by atoms with Gasteiger partial charge in [0.25, 0.3) is 5.56 Å². The van der Waals surface area contributed by atoms with E-state index in [4.69, 9.17) is 18.6 Å². The topological polar surface area (TPSA) is 109 Å². The number of fused-ring (bicyclic) bond motifs is 1. The van der Waals surface area contributed by atoms with Crippen molar-refractivity contribution in [1.29, 1.82) is 0 Å². The van der Waals surface area contributed by atoms with Gasteiger partial charge in [-0.1, -0.05) is 17.4 Å². The molecule has 4 rings (SSSR count). The SMILES string of the molecule is COC(=O)C1=C(C)N=c2s/c(=C\c3ccco3)c(=O)n2[C@H]1c1ccc(OC(C)=O)c(OC)c1. The predicted molar refractivity (Wildman–Crippen MR) is 119 cm³/mol. The van der Waals surface area contributed by atoms with E-state index in [0.717, 1.165) is 0 Å². The highest BCUT2D eigenvalue weighted by Gasteiger charge is 2.33. The van der Waals surface area contributed by atoms with Crippen LogP contribution < -0.4 is 24.4 Å². The second-order valence-electron chi connectivity index (χ2n) is 7.09. The summed E-state index contributed by atoms with van der Waals surface area (Å²) in [5.41, 5.74) is 0.873. The quantitative estimate of drug-likeness (QED) is 0.416. The van der Waals surface area contributed by atoms with Gasteiger partial charge in [-0.25, -0.2) is 9.79 Å². The van der Waals surface area contributed by atoms with Crippen molar-refractivity contribution in [3.8, 4) is 11.5 Å². The van der Waals surface area contributed by atoms with Gasteiger partial charge >= 0.3 is 11.9 Å². The van der Waals surface area contributed by atoms with Crippen molar-refractivity contribution in [3.63, 3.8) is 0 Å². The summed E-state index contributed by atoms with van der Waals surface area (Å²) in [5.74, 6) is -0.0887. The number of ether oxygens (including phenoxy) is 3. The molecule has 0 aliphatic carbocycles. The van der Waals surface area contributed by atoms with Gasteiger partial charge in [0, 0.05) is 13.0 Å². The lowest BCUT2D eigenvalue weighted by Crippen LogP contribution is -2.39. The van der Waals surface area contributed by atoms with Crippen LogP contribution in [0.25, 0.3) is 6.08 Å². The van der Waals surface area contributed by atoms with Gasteiger partial charge in [-0.3, -0.25) is 14.2 Å². The monoisotopic (exact) mass is 468 g/mol. The first kappa shape index (κ1) is 22.3. The Morgan fingerprint density at radius 2 is 2.00 bits per heavy atom. The Hall–Kier alpha value is -3.92. The van der Waals surface area contributed by atoms with Gasteiger partial charge in [0.2, 0.25) is 0 Å². The molecule has 1 aromatic carbocycles. The number of allylic oxidation sites excluding steroid dienone is 1. The third-order valence-corrected chi connectivity index (χ3v) is 5.98. The number of nitrogens with zero attached hydrogens (tertiary/aromatic N) is 2. The van der Waals surface area contributed by atoms with Gasteiger partial charge in [0.1, 0.15) is 5.76 Å². The van der Waals surface area contributed by atoms with Gasteiger partial charge in [-0.2, -0.15) is 0 Å². The summed E-state index contributed by atoms with van der Waals surface area (Å²) in [6.45, 7) is 2.97. The Kier molecular flexibility index (Phi) is 6.01. The normalized spacial score (nSPS) is 15.6. The summed E-state index contributed by atoms with van der Waals surface area (Å²) < 4.78 is 22.7. The molecule has 2 aromatic heterocycles. The number of methoxy groups -OCH3 is 2. The maximum Gasteiger partial charge on any atom is 0.338 e. The molecule has 1 aliphatic heterocycles. The van der Waals surface area contributed by atoms with E-state index in [1.165, 1.54) is 43.3 Å². The van der Waals surface area contributed by atoms with Crippen molar-refractivity contribution in [2.24, 2.45) is 4.99 Å². The molecule has 0 radical (unpaired) electrons. The number of thiazole rings is 1. The second-order valence-corrected chi connectivity index (χ2v) is 8.10. The number of aromatic nitrogens is 1. The Balaban J connectivity index is 1.96. The number of benzene rings is 1. The maximum absolute atomic E-state index is 13.4. The van der Waals surface area contributed by atoms with Crippen LogP contribution >= 0.6 is 11.3 Å². The van der Waals surface area contributed by atoms with E-state index in [-0.39, 0.29) is 22.6 Å². The molecule has 1 aliphatic rings. The van der Waals surface area contributed by atoms with E-state index >= 15 is 0 Å². The number of carbonyl (C=O) groups is 2. The van der Waals surface area contributed by atoms with E-state index < -0.39 is 18.0 Å². The van der Waals surface area contributed by atoms with Crippen LogP contribution in [0.1, 0.15) is 31.2 Å². The van der Waals surface area contributed by atoms with Crippen LogP contribution in [-0.2, 0) is 14.3 Å². The fraction of sp³-hybridized carbons (Fsp3) is 0.217. The largest absolute Gasteiger partial charge is 0.493 e. The minimum absolute atomic E-state index is 0.219. The molecule has 3 aromatic rings. The highest BCUT2D eigenvalue weighted by Crippen LogP contribution is 2.36. The van der Waals surface area contributed by atoms with Crippen LogP contribution in [0.5, 0.6) is 11.5 Å². The molecule has 33 heavy (non-hydrogen) atoms. The molecule has 0 spiro atoms. The number of carbonyl (C=O) groups excluding carboxylic acids is 2. The zero-order valence-electron chi connectivity index (χ0n) is 18.3. The number of rotatable bonds is 5. The lowest BCUT2D eigenvalue weighted by atomic mass is 9.95. The van der Waals surface area contributed by atoms with Crippen LogP contribution in [0.15, 0.2) is 62.1 Å². The fourth-order valence-electron chi connectivity index (χ4n) is 3.60. The molecule has 1 atom stereocenters. The smallest absolute Gasteiger partial charge is 0.338 e. The van der Waals surface area contributed by atoms with Crippen molar-refractivity contribution in [2.75, 3.05) is 14.2 Å². The maximum atomic E-state index is 13.4. The standard InChI is InChI=1S/C23H20N2O7S/c1-12-19(22(28)30-4)20(14-7-8-16(32-13(2)26)17(10-14)29-3)25-21(27)18(33-23(25)24-12)11-15-6-5-9-31-15/h5-11,20H,1-4H3/b18-11-/t20-/m0/s1. The molecule has 0 saturated heterocycles. The lowest BCUT2D eigenvalue weighted by Gasteiger charge is -2.25. The third kappa shape index (κ3) is 4.12. The lowest BCUT2D eigenvalue weighted by molar-refractivity contribution is -0.136. The fourth-order valence-corrected chi connectivity index (χ4v) is 4.63. The van der Waals surface area contributed by atoms with Gasteiger partial charge in [0.05, 0.1) is 42.3 Å². The molecule has 0 fully saturated rings. The minimum atomic E-state index is -0.826. The summed E-state index contributed by atoms with van der Waals surface area (Å²) in [4.78, 5) is 42.5. The van der Waals surface area contributed by atoms with Gasteiger partial charge in [-0.15, -0.1) is 0 Å². The summed E-state index contributed by atoms with van der Waals surface area (Å²) in [7, 11) is 2.70. The first-order chi connectivity index (χ1) is 15.8. The van der Waals surface area contributed by atoms with E-state index in [2.05, 4.69) is 4.99 Å². The van der Waals surface area contributed by atoms with Crippen LogP contribution in [0, 0.1) is 0 Å². The molecule has 10 heteroatoms. The van der Waals surface area contributed by atoms with Crippen LogP contribution in [0.2, 0.25) is 0 Å².